The van der Waals surface area contributed by atoms with E-state index in [-0.39, 0.29) is 40.5 Å². The van der Waals surface area contributed by atoms with E-state index in [4.69, 9.17) is 9.47 Å². The van der Waals surface area contributed by atoms with Gasteiger partial charge in [0.15, 0.2) is 0 Å². The molecule has 0 aromatic heterocycles. The Hall–Kier alpha value is -1.40. The van der Waals surface area contributed by atoms with Crippen LogP contribution in [0.5, 0.6) is 0 Å². The summed E-state index contributed by atoms with van der Waals surface area (Å²) in [6.07, 6.45) is 8.15. The van der Waals surface area contributed by atoms with Gasteiger partial charge >= 0.3 is 11.9 Å². The maximum absolute atomic E-state index is 12.4. The molecule has 31 heavy (non-hydrogen) atoms. The zero-order chi connectivity index (χ0) is 22.2. The van der Waals surface area contributed by atoms with Crippen LogP contribution in [0.2, 0.25) is 0 Å². The zero-order valence-electron chi connectivity index (χ0n) is 19.0. The largest absolute Gasteiger partial charge is 0.458 e. The van der Waals surface area contributed by atoms with Crippen molar-refractivity contribution in [3.63, 3.8) is 0 Å². The van der Waals surface area contributed by atoms with Gasteiger partial charge in [-0.2, -0.15) is 0 Å². The van der Waals surface area contributed by atoms with E-state index in [0.29, 0.717) is 19.4 Å². The van der Waals surface area contributed by atoms with Crippen molar-refractivity contribution in [1.29, 1.82) is 0 Å². The van der Waals surface area contributed by atoms with Crippen LogP contribution in [0.1, 0.15) is 78.6 Å². The molecule has 8 atom stereocenters. The Morgan fingerprint density at radius 3 is 2.45 bits per heavy atom. The summed E-state index contributed by atoms with van der Waals surface area (Å²) in [7, 11) is 0. The lowest BCUT2D eigenvalue weighted by Gasteiger charge is -2.66. The van der Waals surface area contributed by atoms with Crippen LogP contribution in [-0.2, 0) is 19.1 Å². The van der Waals surface area contributed by atoms with Gasteiger partial charge < -0.3 is 19.7 Å². The van der Waals surface area contributed by atoms with Gasteiger partial charge in [0.05, 0.1) is 11.7 Å². The lowest BCUT2D eigenvalue weighted by Crippen LogP contribution is -2.68. The molecule has 0 aromatic rings. The molecule has 5 rings (SSSR count). The van der Waals surface area contributed by atoms with Crippen molar-refractivity contribution in [3.05, 3.63) is 11.6 Å². The van der Waals surface area contributed by atoms with Gasteiger partial charge in [0.25, 0.3) is 0 Å². The molecular formula is C25H36O6. The zero-order valence-corrected chi connectivity index (χ0v) is 19.0. The van der Waals surface area contributed by atoms with Crippen LogP contribution in [0.15, 0.2) is 11.6 Å². The fourth-order valence-electron chi connectivity index (χ4n) is 8.85. The van der Waals surface area contributed by atoms with Crippen LogP contribution < -0.4 is 0 Å². The molecule has 4 fully saturated rings. The summed E-state index contributed by atoms with van der Waals surface area (Å²) in [6, 6.07) is 0. The van der Waals surface area contributed by atoms with E-state index in [1.807, 2.05) is 0 Å². The van der Waals surface area contributed by atoms with Crippen molar-refractivity contribution in [2.24, 2.45) is 28.6 Å². The average Bonchev–Trinajstić information content (AvgIpc) is 3.23. The van der Waals surface area contributed by atoms with Crippen molar-refractivity contribution in [2.75, 3.05) is 6.61 Å². The fourth-order valence-corrected chi connectivity index (χ4v) is 8.85. The number of fused-ring (bicyclic) bond motifs is 5. The van der Waals surface area contributed by atoms with E-state index in [1.54, 1.807) is 6.08 Å². The van der Waals surface area contributed by atoms with Gasteiger partial charge in [-0.3, -0.25) is 4.79 Å². The Kier molecular flexibility index (Phi) is 4.70. The number of aliphatic hydroxyl groups is 2. The minimum absolute atomic E-state index is 0.168. The smallest absolute Gasteiger partial charge is 0.331 e. The van der Waals surface area contributed by atoms with E-state index in [1.165, 1.54) is 6.92 Å². The van der Waals surface area contributed by atoms with Crippen LogP contribution in [0.3, 0.4) is 0 Å². The van der Waals surface area contributed by atoms with Crippen molar-refractivity contribution in [3.8, 4) is 0 Å². The van der Waals surface area contributed by atoms with Gasteiger partial charge in [0, 0.05) is 30.8 Å². The summed E-state index contributed by atoms with van der Waals surface area (Å²) in [5, 5.41) is 21.9. The number of cyclic esters (lactones) is 1. The molecule has 0 aromatic carbocycles. The quantitative estimate of drug-likeness (QED) is 0.651. The van der Waals surface area contributed by atoms with E-state index in [2.05, 4.69) is 13.8 Å². The normalized spacial score (nSPS) is 51.3. The summed E-state index contributed by atoms with van der Waals surface area (Å²) in [4.78, 5) is 24.2. The molecule has 172 valence electrons. The molecule has 4 aliphatic carbocycles. The van der Waals surface area contributed by atoms with Crippen molar-refractivity contribution in [1.82, 2.24) is 0 Å². The molecule has 0 bridgehead atoms. The maximum atomic E-state index is 12.4. The van der Waals surface area contributed by atoms with Gasteiger partial charge in [-0.15, -0.1) is 0 Å². The molecule has 0 amide bonds. The number of rotatable bonds is 2. The highest BCUT2D eigenvalue weighted by atomic mass is 16.6. The van der Waals surface area contributed by atoms with Crippen molar-refractivity contribution >= 4 is 11.9 Å². The number of esters is 2. The number of carbonyl (C=O) groups is 2. The maximum Gasteiger partial charge on any atom is 0.331 e. The molecule has 0 spiro atoms. The minimum Gasteiger partial charge on any atom is -0.458 e. The summed E-state index contributed by atoms with van der Waals surface area (Å²) in [5.41, 5.74) is -0.936. The van der Waals surface area contributed by atoms with E-state index in [9.17, 15) is 19.8 Å². The Balaban J connectivity index is 1.56. The minimum atomic E-state index is -0.858. The number of hydrogen-bond acceptors (Lipinski definition) is 6. The predicted molar refractivity (Wildman–Crippen MR) is 113 cm³/mol. The van der Waals surface area contributed by atoms with Gasteiger partial charge in [0.2, 0.25) is 0 Å². The highest BCUT2D eigenvalue weighted by Gasteiger charge is 2.72. The number of ether oxygens (including phenoxy) is 2. The van der Waals surface area contributed by atoms with Gasteiger partial charge in [-0.05, 0) is 74.2 Å². The highest BCUT2D eigenvalue weighted by Crippen LogP contribution is 2.71. The number of hydrogen-bond donors (Lipinski definition) is 2. The third kappa shape index (κ3) is 2.76. The first kappa shape index (κ1) is 21.4. The average molecular weight is 433 g/mol. The lowest BCUT2D eigenvalue weighted by molar-refractivity contribution is -0.261. The standard InChI is InChI=1S/C25H36O6/c1-15(26)31-25-11-7-18(16-12-21(28)30-14-16)23(25,3)9-5-19-20(25)6-10-24(29)13-17(27)4-8-22(19,24)2/h12,17-20,27,29H,4-11,13-14H2,1-3H3/t17-,18+,19-,20+,22+,23+,24-,25-/m0/s1. The summed E-state index contributed by atoms with van der Waals surface area (Å²) >= 11 is 0. The Morgan fingerprint density at radius 1 is 1.06 bits per heavy atom. The highest BCUT2D eigenvalue weighted by molar-refractivity contribution is 5.85. The molecule has 0 unspecified atom stereocenters. The summed E-state index contributed by atoms with van der Waals surface area (Å²) in [5.74, 6) is 0.0827. The van der Waals surface area contributed by atoms with Crippen LogP contribution in [-0.4, -0.2) is 46.1 Å². The molecule has 1 aliphatic heterocycles. The molecule has 6 heteroatoms. The second-order valence-electron chi connectivity index (χ2n) is 11.5. The van der Waals surface area contributed by atoms with Crippen LogP contribution >= 0.6 is 0 Å². The van der Waals surface area contributed by atoms with Gasteiger partial charge in [-0.1, -0.05) is 13.8 Å². The van der Waals surface area contributed by atoms with Crippen molar-refractivity contribution < 1.29 is 29.3 Å². The molecule has 0 radical (unpaired) electrons. The lowest BCUT2D eigenvalue weighted by atomic mass is 9.42. The van der Waals surface area contributed by atoms with E-state index < -0.39 is 17.3 Å². The molecule has 2 N–H and O–H groups in total. The fraction of sp³-hybridized carbons (Fsp3) is 0.840. The molecule has 6 nitrogen and oxygen atoms in total. The van der Waals surface area contributed by atoms with E-state index >= 15 is 0 Å². The molecule has 5 aliphatic rings. The van der Waals surface area contributed by atoms with Crippen molar-refractivity contribution in [2.45, 2.75) is 95.9 Å². The first-order valence-electron chi connectivity index (χ1n) is 12.0. The van der Waals surface area contributed by atoms with Gasteiger partial charge in [0.1, 0.15) is 12.2 Å². The Labute approximate surface area is 184 Å². The Bertz CT molecular complexity index is 836. The topological polar surface area (TPSA) is 93.1 Å². The first-order chi connectivity index (χ1) is 14.5. The second kappa shape index (κ2) is 6.80. The van der Waals surface area contributed by atoms with Crippen LogP contribution in [0.4, 0.5) is 0 Å². The summed E-state index contributed by atoms with van der Waals surface area (Å²) < 4.78 is 11.6. The van der Waals surface area contributed by atoms with Gasteiger partial charge in [-0.25, -0.2) is 4.79 Å². The number of carbonyl (C=O) groups excluding carboxylic acids is 2. The monoisotopic (exact) mass is 432 g/mol. The second-order valence-corrected chi connectivity index (χ2v) is 11.5. The first-order valence-corrected chi connectivity index (χ1v) is 12.0. The van der Waals surface area contributed by atoms with Crippen LogP contribution in [0, 0.1) is 28.6 Å². The predicted octanol–water partition coefficient (Wildman–Crippen LogP) is 3.29. The third-order valence-electron chi connectivity index (χ3n) is 10.4. The molecule has 1 heterocycles. The molecule has 4 saturated carbocycles. The molecule has 0 saturated heterocycles. The third-order valence-corrected chi connectivity index (χ3v) is 10.4. The SMILES string of the molecule is CC(=O)O[C@]12CC[C@H](C3=CC(=O)OC3)[C@@]1(C)CC[C@H]1[C@H]2CC[C@]2(O)C[C@@H](O)CC[C@]12C. The Morgan fingerprint density at radius 2 is 1.77 bits per heavy atom. The number of aliphatic hydroxyl groups excluding tert-OH is 1. The van der Waals surface area contributed by atoms with Crippen LogP contribution in [0.25, 0.3) is 0 Å². The van der Waals surface area contributed by atoms with E-state index in [0.717, 1.165) is 50.5 Å². The molecular weight excluding hydrogens is 396 g/mol. The summed E-state index contributed by atoms with van der Waals surface area (Å²) in [6.45, 7) is 6.31.